The van der Waals surface area contributed by atoms with E-state index >= 15 is 0 Å². The van der Waals surface area contributed by atoms with E-state index < -0.39 is 0 Å². The molecule has 0 atom stereocenters. The summed E-state index contributed by atoms with van der Waals surface area (Å²) in [6.07, 6.45) is 8.58. The minimum absolute atomic E-state index is 0.732. The molecule has 21 heavy (non-hydrogen) atoms. The van der Waals surface area contributed by atoms with Crippen LogP contribution in [0.5, 0.6) is 0 Å². The van der Waals surface area contributed by atoms with Gasteiger partial charge in [-0.3, -0.25) is 0 Å². The summed E-state index contributed by atoms with van der Waals surface area (Å²) in [5.74, 6) is 1.07. The Bertz CT molecular complexity index is 757. The fourth-order valence-electron chi connectivity index (χ4n) is 2.30. The molecule has 4 nitrogen and oxygen atoms in total. The van der Waals surface area contributed by atoms with Crippen LogP contribution in [0.2, 0.25) is 5.02 Å². The van der Waals surface area contributed by atoms with Crippen molar-refractivity contribution in [1.82, 2.24) is 19.1 Å². The lowest BCUT2D eigenvalue weighted by Gasteiger charge is -2.05. The molecule has 0 saturated carbocycles. The Kier molecular flexibility index (Phi) is 3.80. The monoisotopic (exact) mass is 300 g/mol. The highest BCUT2D eigenvalue weighted by molar-refractivity contribution is 6.31. The molecule has 0 radical (unpaired) electrons. The number of rotatable bonds is 4. The summed E-state index contributed by atoms with van der Waals surface area (Å²) >= 11 is 6.18. The van der Waals surface area contributed by atoms with E-state index in [-0.39, 0.29) is 0 Å². The number of aromatic nitrogens is 4. The van der Waals surface area contributed by atoms with Crippen LogP contribution in [-0.2, 0) is 13.0 Å². The van der Waals surface area contributed by atoms with Crippen molar-refractivity contribution in [2.24, 2.45) is 0 Å². The minimum Gasteiger partial charge on any atom is -0.329 e. The lowest BCUT2D eigenvalue weighted by molar-refractivity contribution is 0.719. The van der Waals surface area contributed by atoms with Gasteiger partial charge in [0.2, 0.25) is 0 Å². The second kappa shape index (κ2) is 5.74. The average Bonchev–Trinajstić information content (AvgIpc) is 3.11. The molecule has 0 saturated heterocycles. The Morgan fingerprint density at radius 3 is 2.86 bits per heavy atom. The molecule has 5 heteroatoms. The third-order valence-corrected chi connectivity index (χ3v) is 3.95. The van der Waals surface area contributed by atoms with Crippen molar-refractivity contribution in [3.8, 4) is 5.69 Å². The average molecular weight is 301 g/mol. The number of aryl methyl sites for hydroxylation is 2. The molecule has 0 bridgehead atoms. The van der Waals surface area contributed by atoms with E-state index in [1.165, 1.54) is 0 Å². The quantitative estimate of drug-likeness (QED) is 0.737. The van der Waals surface area contributed by atoms with Crippen LogP contribution in [-0.4, -0.2) is 19.1 Å². The van der Waals surface area contributed by atoms with Crippen molar-refractivity contribution >= 4 is 11.6 Å². The first kappa shape index (κ1) is 13.9. The van der Waals surface area contributed by atoms with Gasteiger partial charge in [0, 0.05) is 35.7 Å². The van der Waals surface area contributed by atoms with Crippen molar-refractivity contribution < 1.29 is 0 Å². The molecule has 2 aromatic heterocycles. The number of benzene rings is 1. The predicted octanol–water partition coefficient (Wildman–Crippen LogP) is 3.64. The highest BCUT2D eigenvalue weighted by atomic mass is 35.5. The summed E-state index contributed by atoms with van der Waals surface area (Å²) in [5, 5.41) is 0.769. The second-order valence-corrected chi connectivity index (χ2v) is 5.44. The van der Waals surface area contributed by atoms with Gasteiger partial charge < -0.3 is 9.13 Å². The third kappa shape index (κ3) is 2.85. The molecule has 0 amide bonds. The molecule has 1 aromatic carbocycles. The van der Waals surface area contributed by atoms with E-state index in [0.717, 1.165) is 40.8 Å². The second-order valence-electron chi connectivity index (χ2n) is 5.03. The van der Waals surface area contributed by atoms with E-state index in [0.29, 0.717) is 0 Å². The van der Waals surface area contributed by atoms with Gasteiger partial charge in [0.25, 0.3) is 0 Å². The van der Waals surface area contributed by atoms with Crippen LogP contribution in [0.15, 0.2) is 43.1 Å². The topological polar surface area (TPSA) is 35.6 Å². The molecular weight excluding hydrogens is 284 g/mol. The van der Waals surface area contributed by atoms with Gasteiger partial charge in [-0.2, -0.15) is 0 Å². The van der Waals surface area contributed by atoms with Crippen molar-refractivity contribution in [1.29, 1.82) is 0 Å². The standard InChI is InChI=1S/C16H17ClN4/c1-3-16-18-6-7-20(16)9-13-10-21(11-19-13)14-5-4-12(2)15(17)8-14/h4-8,10-11H,3,9H2,1-2H3. The molecule has 0 fully saturated rings. The van der Waals surface area contributed by atoms with Crippen molar-refractivity contribution in [3.05, 3.63) is 65.2 Å². The fraction of sp³-hybridized carbons (Fsp3) is 0.250. The van der Waals surface area contributed by atoms with Crippen LogP contribution in [0.1, 0.15) is 24.0 Å². The molecule has 0 aliphatic rings. The Labute approximate surface area is 129 Å². The minimum atomic E-state index is 0.732. The molecule has 108 valence electrons. The SMILES string of the molecule is CCc1nccn1Cc1cn(-c2ccc(C)c(Cl)c2)cn1. The molecule has 3 rings (SSSR count). The van der Waals surface area contributed by atoms with Crippen LogP contribution in [0.25, 0.3) is 5.69 Å². The first-order chi connectivity index (χ1) is 10.2. The molecular formula is C16H17ClN4. The summed E-state index contributed by atoms with van der Waals surface area (Å²) in [6.45, 7) is 4.83. The lowest BCUT2D eigenvalue weighted by Crippen LogP contribution is -2.03. The van der Waals surface area contributed by atoms with Crippen LogP contribution >= 0.6 is 11.6 Å². The number of hydrogen-bond acceptors (Lipinski definition) is 2. The van der Waals surface area contributed by atoms with E-state index in [9.17, 15) is 0 Å². The largest absolute Gasteiger partial charge is 0.329 e. The molecule has 2 heterocycles. The normalized spacial score (nSPS) is 11.0. The van der Waals surface area contributed by atoms with Crippen LogP contribution in [0.4, 0.5) is 0 Å². The number of halogens is 1. The van der Waals surface area contributed by atoms with Crippen LogP contribution in [0.3, 0.4) is 0 Å². The van der Waals surface area contributed by atoms with Gasteiger partial charge in [0.1, 0.15) is 5.82 Å². The van der Waals surface area contributed by atoms with E-state index in [2.05, 4.69) is 21.5 Å². The molecule has 0 unspecified atom stereocenters. The number of hydrogen-bond donors (Lipinski definition) is 0. The fourth-order valence-corrected chi connectivity index (χ4v) is 2.48. The summed E-state index contributed by atoms with van der Waals surface area (Å²) in [4.78, 5) is 8.79. The Balaban J connectivity index is 1.84. The predicted molar refractivity (Wildman–Crippen MR) is 84.0 cm³/mol. The third-order valence-electron chi connectivity index (χ3n) is 3.54. The Hall–Kier alpha value is -2.07. The summed E-state index contributed by atoms with van der Waals surface area (Å²) in [5.41, 5.74) is 3.09. The van der Waals surface area contributed by atoms with Crippen LogP contribution in [0, 0.1) is 6.92 Å². The Morgan fingerprint density at radius 2 is 2.10 bits per heavy atom. The first-order valence-electron chi connectivity index (χ1n) is 6.96. The van der Waals surface area contributed by atoms with Gasteiger partial charge in [0.05, 0.1) is 18.6 Å². The highest BCUT2D eigenvalue weighted by Crippen LogP contribution is 2.19. The zero-order valence-corrected chi connectivity index (χ0v) is 12.9. The van der Waals surface area contributed by atoms with Crippen molar-refractivity contribution in [3.63, 3.8) is 0 Å². The molecule has 0 spiro atoms. The molecule has 0 N–H and O–H groups in total. The smallest absolute Gasteiger partial charge is 0.108 e. The number of nitrogens with zero attached hydrogens (tertiary/aromatic N) is 4. The molecule has 0 aliphatic heterocycles. The Morgan fingerprint density at radius 1 is 1.24 bits per heavy atom. The van der Waals surface area contributed by atoms with E-state index in [1.54, 1.807) is 0 Å². The van der Waals surface area contributed by atoms with Crippen molar-refractivity contribution in [2.45, 2.75) is 26.8 Å². The number of imidazole rings is 2. The first-order valence-corrected chi connectivity index (χ1v) is 7.34. The maximum Gasteiger partial charge on any atom is 0.108 e. The summed E-state index contributed by atoms with van der Waals surface area (Å²) in [6, 6.07) is 6.01. The summed E-state index contributed by atoms with van der Waals surface area (Å²) in [7, 11) is 0. The zero-order valence-electron chi connectivity index (χ0n) is 12.1. The van der Waals surface area contributed by atoms with Gasteiger partial charge in [0.15, 0.2) is 0 Å². The van der Waals surface area contributed by atoms with Gasteiger partial charge in [-0.1, -0.05) is 24.6 Å². The summed E-state index contributed by atoms with van der Waals surface area (Å²) < 4.78 is 4.11. The van der Waals surface area contributed by atoms with Gasteiger partial charge in [-0.05, 0) is 24.6 Å². The molecule has 3 aromatic rings. The van der Waals surface area contributed by atoms with Crippen LogP contribution < -0.4 is 0 Å². The van der Waals surface area contributed by atoms with Gasteiger partial charge in [-0.15, -0.1) is 0 Å². The lowest BCUT2D eigenvalue weighted by atomic mass is 10.2. The van der Waals surface area contributed by atoms with Crippen molar-refractivity contribution in [2.75, 3.05) is 0 Å². The highest BCUT2D eigenvalue weighted by Gasteiger charge is 2.06. The van der Waals surface area contributed by atoms with Gasteiger partial charge >= 0.3 is 0 Å². The zero-order chi connectivity index (χ0) is 14.8. The van der Waals surface area contributed by atoms with E-state index in [1.807, 2.05) is 54.6 Å². The maximum absolute atomic E-state index is 6.18. The molecule has 0 aliphatic carbocycles. The maximum atomic E-state index is 6.18. The van der Waals surface area contributed by atoms with Gasteiger partial charge in [-0.25, -0.2) is 9.97 Å². The van der Waals surface area contributed by atoms with E-state index in [4.69, 9.17) is 11.6 Å².